The minimum absolute atomic E-state index is 0.0766. The molecule has 2 unspecified atom stereocenters. The number of amides is 1. The zero-order chi connectivity index (χ0) is 21.8. The molecule has 9 heteroatoms. The number of hydrogen-bond donors (Lipinski definition) is 1. The monoisotopic (exact) mass is 421 g/mol. The molecule has 8 nitrogen and oxygen atoms in total. The number of ether oxygens (including phenoxy) is 2. The van der Waals surface area contributed by atoms with Crippen molar-refractivity contribution < 1.29 is 38.1 Å². The average molecular weight is 421 g/mol. The highest BCUT2D eigenvalue weighted by Crippen LogP contribution is 2.42. The molecule has 30 heavy (non-hydrogen) atoms. The van der Waals surface area contributed by atoms with Crippen molar-refractivity contribution >= 4 is 23.8 Å². The van der Waals surface area contributed by atoms with Crippen molar-refractivity contribution in [3.05, 3.63) is 35.6 Å². The second kappa shape index (κ2) is 9.23. The number of hydrogen-bond acceptors (Lipinski definition) is 6. The lowest BCUT2D eigenvalue weighted by atomic mass is 9.86. The van der Waals surface area contributed by atoms with Crippen molar-refractivity contribution in [1.29, 1.82) is 0 Å². The lowest BCUT2D eigenvalue weighted by Crippen LogP contribution is -2.56. The highest BCUT2D eigenvalue weighted by Gasteiger charge is 2.53. The standard InChI is InChI=1S/C21H24FNO7/c1-29-21(28)19-15-10-9-14(23(15)17(24)3-2-4-18(25)26)11-16(19)30-20(27)12-5-7-13(22)8-6-12/h5-8,14-16,19H,2-4,9-11H2,1H3,(H,25,26)/t14?,15?,16-,19+/m0/s1. The molecule has 1 amide bonds. The predicted octanol–water partition coefficient (Wildman–Crippen LogP) is 2.16. The number of halogens is 1. The lowest BCUT2D eigenvalue weighted by Gasteiger charge is -2.42. The number of carboxylic acid groups (broad SMARTS) is 1. The number of benzene rings is 1. The Balaban J connectivity index is 1.74. The van der Waals surface area contributed by atoms with Gasteiger partial charge in [0.2, 0.25) is 5.91 Å². The maximum Gasteiger partial charge on any atom is 0.338 e. The molecule has 2 heterocycles. The van der Waals surface area contributed by atoms with E-state index in [0.717, 1.165) is 12.1 Å². The van der Waals surface area contributed by atoms with Crippen LogP contribution < -0.4 is 0 Å². The first kappa shape index (κ1) is 21.7. The third-order valence-corrected chi connectivity index (χ3v) is 5.75. The van der Waals surface area contributed by atoms with Crippen LogP contribution in [0.25, 0.3) is 0 Å². The number of rotatable bonds is 7. The zero-order valence-corrected chi connectivity index (χ0v) is 16.6. The Kier molecular flexibility index (Phi) is 6.69. The van der Waals surface area contributed by atoms with Gasteiger partial charge < -0.3 is 19.5 Å². The molecule has 2 saturated heterocycles. The van der Waals surface area contributed by atoms with E-state index in [2.05, 4.69) is 0 Å². The van der Waals surface area contributed by atoms with Gasteiger partial charge in [0.1, 0.15) is 17.8 Å². The molecule has 1 N–H and O–H groups in total. The Morgan fingerprint density at radius 3 is 2.47 bits per heavy atom. The normalized spacial score (nSPS) is 24.9. The summed E-state index contributed by atoms with van der Waals surface area (Å²) < 4.78 is 23.6. The third-order valence-electron chi connectivity index (χ3n) is 5.75. The van der Waals surface area contributed by atoms with Gasteiger partial charge in [-0.15, -0.1) is 0 Å². The van der Waals surface area contributed by atoms with E-state index in [0.29, 0.717) is 12.8 Å². The molecule has 1 aromatic rings. The van der Waals surface area contributed by atoms with Crippen LogP contribution in [-0.4, -0.2) is 59.1 Å². The SMILES string of the molecule is COC(=O)[C@@H]1C2CCC(C[C@@H]1OC(=O)c1ccc(F)cc1)N2C(=O)CCCC(=O)O. The Labute approximate surface area is 172 Å². The van der Waals surface area contributed by atoms with Crippen molar-refractivity contribution in [2.45, 2.75) is 56.7 Å². The molecule has 3 rings (SSSR count). The number of aliphatic carboxylic acids is 1. The molecule has 0 saturated carbocycles. The molecule has 162 valence electrons. The van der Waals surface area contributed by atoms with Gasteiger partial charge in [0.05, 0.1) is 12.7 Å². The topological polar surface area (TPSA) is 110 Å². The van der Waals surface area contributed by atoms with Gasteiger partial charge in [-0.25, -0.2) is 9.18 Å². The second-order valence-corrected chi connectivity index (χ2v) is 7.58. The summed E-state index contributed by atoms with van der Waals surface area (Å²) in [5.74, 6) is -3.73. The van der Waals surface area contributed by atoms with Gasteiger partial charge >= 0.3 is 17.9 Å². The van der Waals surface area contributed by atoms with E-state index in [9.17, 15) is 23.6 Å². The molecular weight excluding hydrogens is 397 g/mol. The molecule has 2 fully saturated rings. The summed E-state index contributed by atoms with van der Waals surface area (Å²) in [4.78, 5) is 50.1. The summed E-state index contributed by atoms with van der Waals surface area (Å²) >= 11 is 0. The van der Waals surface area contributed by atoms with Gasteiger partial charge in [-0.3, -0.25) is 14.4 Å². The van der Waals surface area contributed by atoms with E-state index in [-0.39, 0.29) is 43.2 Å². The number of esters is 2. The van der Waals surface area contributed by atoms with E-state index < -0.39 is 41.8 Å². The lowest BCUT2D eigenvalue weighted by molar-refractivity contribution is -0.160. The van der Waals surface area contributed by atoms with Gasteiger partial charge in [0.25, 0.3) is 0 Å². The van der Waals surface area contributed by atoms with Crippen LogP contribution in [0.5, 0.6) is 0 Å². The summed E-state index contributed by atoms with van der Waals surface area (Å²) in [7, 11) is 1.24. The first-order valence-electron chi connectivity index (χ1n) is 9.89. The Morgan fingerprint density at radius 2 is 1.83 bits per heavy atom. The van der Waals surface area contributed by atoms with Gasteiger partial charge in [-0.05, 0) is 43.5 Å². The Morgan fingerprint density at radius 1 is 1.13 bits per heavy atom. The smallest absolute Gasteiger partial charge is 0.338 e. The number of piperidine rings is 1. The first-order chi connectivity index (χ1) is 14.3. The number of carbonyl (C=O) groups excluding carboxylic acids is 3. The minimum atomic E-state index is -0.968. The Bertz CT molecular complexity index is 825. The van der Waals surface area contributed by atoms with Crippen molar-refractivity contribution in [2.75, 3.05) is 7.11 Å². The molecule has 2 aliphatic rings. The number of nitrogens with zero attached hydrogens (tertiary/aromatic N) is 1. The molecular formula is C21H24FNO7. The first-order valence-corrected chi connectivity index (χ1v) is 9.89. The summed E-state index contributed by atoms with van der Waals surface area (Å²) in [5, 5.41) is 8.77. The highest BCUT2D eigenvalue weighted by molar-refractivity contribution is 5.90. The van der Waals surface area contributed by atoms with Gasteiger partial charge in [0, 0.05) is 31.3 Å². The van der Waals surface area contributed by atoms with Crippen LogP contribution in [0.3, 0.4) is 0 Å². The van der Waals surface area contributed by atoms with Crippen molar-refractivity contribution in [3.63, 3.8) is 0 Å². The van der Waals surface area contributed by atoms with Crippen LogP contribution in [0.4, 0.5) is 4.39 Å². The van der Waals surface area contributed by atoms with E-state index in [4.69, 9.17) is 14.6 Å². The minimum Gasteiger partial charge on any atom is -0.481 e. The van der Waals surface area contributed by atoms with Crippen molar-refractivity contribution in [3.8, 4) is 0 Å². The van der Waals surface area contributed by atoms with Crippen LogP contribution in [-0.2, 0) is 23.9 Å². The molecule has 0 aliphatic carbocycles. The molecule has 0 aromatic heterocycles. The number of carboxylic acids is 1. The summed E-state index contributed by atoms with van der Waals surface area (Å²) in [5.41, 5.74) is 0.166. The number of fused-ring (bicyclic) bond motifs is 2. The predicted molar refractivity (Wildman–Crippen MR) is 101 cm³/mol. The van der Waals surface area contributed by atoms with E-state index in [1.165, 1.54) is 19.2 Å². The maximum absolute atomic E-state index is 13.1. The van der Waals surface area contributed by atoms with Gasteiger partial charge in [0.15, 0.2) is 0 Å². The summed E-state index contributed by atoms with van der Waals surface area (Å²) in [6.45, 7) is 0. The van der Waals surface area contributed by atoms with E-state index >= 15 is 0 Å². The second-order valence-electron chi connectivity index (χ2n) is 7.58. The van der Waals surface area contributed by atoms with Gasteiger partial charge in [-0.1, -0.05) is 0 Å². The molecule has 0 radical (unpaired) electrons. The van der Waals surface area contributed by atoms with Crippen LogP contribution in [0.1, 0.15) is 48.9 Å². The van der Waals surface area contributed by atoms with Crippen LogP contribution in [0.15, 0.2) is 24.3 Å². The molecule has 1 aromatic carbocycles. The third kappa shape index (κ3) is 4.60. The van der Waals surface area contributed by atoms with Crippen LogP contribution in [0, 0.1) is 11.7 Å². The van der Waals surface area contributed by atoms with E-state index in [1.54, 1.807) is 4.90 Å². The quantitative estimate of drug-likeness (QED) is 0.672. The van der Waals surface area contributed by atoms with Gasteiger partial charge in [-0.2, -0.15) is 0 Å². The fourth-order valence-corrected chi connectivity index (χ4v) is 4.43. The average Bonchev–Trinajstić information content (AvgIpc) is 3.02. The fraction of sp³-hybridized carbons (Fsp3) is 0.524. The van der Waals surface area contributed by atoms with Crippen LogP contribution >= 0.6 is 0 Å². The maximum atomic E-state index is 13.1. The molecule has 0 spiro atoms. The van der Waals surface area contributed by atoms with Crippen molar-refractivity contribution in [1.82, 2.24) is 4.90 Å². The molecule has 2 bridgehead atoms. The number of carbonyl (C=O) groups is 4. The highest BCUT2D eigenvalue weighted by atomic mass is 19.1. The van der Waals surface area contributed by atoms with E-state index in [1.807, 2.05) is 0 Å². The van der Waals surface area contributed by atoms with Crippen molar-refractivity contribution in [2.24, 2.45) is 5.92 Å². The summed E-state index contributed by atoms with van der Waals surface area (Å²) in [6, 6.07) is 4.24. The Hall–Kier alpha value is -2.97. The fourth-order valence-electron chi connectivity index (χ4n) is 4.43. The summed E-state index contributed by atoms with van der Waals surface area (Å²) in [6.07, 6.45) is 0.938. The largest absolute Gasteiger partial charge is 0.481 e. The van der Waals surface area contributed by atoms with Crippen LogP contribution in [0.2, 0.25) is 0 Å². The molecule has 4 atom stereocenters. The zero-order valence-electron chi connectivity index (χ0n) is 16.6. The molecule has 2 aliphatic heterocycles. The number of methoxy groups -OCH3 is 1.